The minimum Gasteiger partial charge on any atom is -0.402 e. The van der Waals surface area contributed by atoms with Crippen LogP contribution in [-0.2, 0) is 9.31 Å². The third-order valence-corrected chi connectivity index (χ3v) is 4.97. The SMILES string of the molecule is CC1(C)OB([C@H](N)c2sccc2Cl)OC1(C)C. The van der Waals surface area contributed by atoms with Crippen molar-refractivity contribution in [2.45, 2.75) is 44.8 Å². The minimum absolute atomic E-state index is 0.344. The molecule has 3 nitrogen and oxygen atoms in total. The Kier molecular flexibility index (Phi) is 3.34. The normalized spacial score (nSPS) is 24.0. The third kappa shape index (κ3) is 2.27. The summed E-state index contributed by atoms with van der Waals surface area (Å²) < 4.78 is 11.8. The lowest BCUT2D eigenvalue weighted by atomic mass is 9.78. The van der Waals surface area contributed by atoms with Crippen molar-refractivity contribution >= 4 is 30.1 Å². The summed E-state index contributed by atoms with van der Waals surface area (Å²) >= 11 is 7.60. The fraction of sp³-hybridized carbons (Fsp3) is 0.636. The van der Waals surface area contributed by atoms with Gasteiger partial charge in [0.2, 0.25) is 0 Å². The quantitative estimate of drug-likeness (QED) is 0.843. The van der Waals surface area contributed by atoms with Gasteiger partial charge in [0.05, 0.1) is 22.2 Å². The molecule has 2 rings (SSSR count). The summed E-state index contributed by atoms with van der Waals surface area (Å²) in [5.74, 6) is -0.344. The summed E-state index contributed by atoms with van der Waals surface area (Å²) in [7, 11) is -0.448. The molecule has 2 N–H and O–H groups in total. The largest absolute Gasteiger partial charge is 0.481 e. The molecule has 0 spiro atoms. The van der Waals surface area contributed by atoms with Crippen LogP contribution < -0.4 is 5.73 Å². The van der Waals surface area contributed by atoms with Crippen molar-refractivity contribution in [3.63, 3.8) is 0 Å². The number of thiophene rings is 1. The summed E-state index contributed by atoms with van der Waals surface area (Å²) in [6.45, 7) is 8.04. The van der Waals surface area contributed by atoms with E-state index in [9.17, 15) is 0 Å². The van der Waals surface area contributed by atoms with Gasteiger partial charge in [0.15, 0.2) is 0 Å². The van der Waals surface area contributed by atoms with Crippen LogP contribution in [0.4, 0.5) is 0 Å². The number of nitrogens with two attached hydrogens (primary N) is 1. The zero-order chi connectivity index (χ0) is 12.8. The van der Waals surface area contributed by atoms with Gasteiger partial charge in [-0.1, -0.05) is 11.6 Å². The van der Waals surface area contributed by atoms with Crippen molar-refractivity contribution in [2.75, 3.05) is 0 Å². The Morgan fingerprint density at radius 2 is 1.82 bits per heavy atom. The molecular formula is C11H17BClNO2S. The van der Waals surface area contributed by atoms with Crippen LogP contribution in [0.5, 0.6) is 0 Å². The smallest absolute Gasteiger partial charge is 0.402 e. The van der Waals surface area contributed by atoms with Crippen LogP contribution in [0.25, 0.3) is 0 Å². The van der Waals surface area contributed by atoms with Crippen molar-refractivity contribution in [3.05, 3.63) is 21.3 Å². The summed E-state index contributed by atoms with van der Waals surface area (Å²) in [6, 6.07) is 1.84. The molecule has 1 aromatic rings. The topological polar surface area (TPSA) is 44.5 Å². The van der Waals surface area contributed by atoms with Crippen LogP contribution >= 0.6 is 22.9 Å². The van der Waals surface area contributed by atoms with Crippen molar-refractivity contribution in [3.8, 4) is 0 Å². The first-order valence-electron chi connectivity index (χ1n) is 5.59. The molecule has 1 atom stereocenters. The summed E-state index contributed by atoms with van der Waals surface area (Å²) in [4.78, 5) is 0.908. The van der Waals surface area contributed by atoms with E-state index < -0.39 is 7.12 Å². The van der Waals surface area contributed by atoms with E-state index >= 15 is 0 Å². The Hall–Kier alpha value is -0.0651. The molecule has 0 bridgehead atoms. The van der Waals surface area contributed by atoms with Gasteiger partial charge in [-0.25, -0.2) is 0 Å². The van der Waals surface area contributed by atoms with Gasteiger partial charge in [-0.3, -0.25) is 0 Å². The van der Waals surface area contributed by atoms with Crippen LogP contribution in [-0.4, -0.2) is 18.3 Å². The fourth-order valence-corrected chi connectivity index (χ4v) is 2.90. The lowest BCUT2D eigenvalue weighted by Gasteiger charge is -2.32. The molecule has 0 saturated carbocycles. The van der Waals surface area contributed by atoms with E-state index in [0.29, 0.717) is 5.02 Å². The lowest BCUT2D eigenvalue weighted by Crippen LogP contribution is -2.41. The second kappa shape index (κ2) is 4.25. The van der Waals surface area contributed by atoms with E-state index in [1.54, 1.807) is 0 Å². The predicted octanol–water partition coefficient (Wildman–Crippen LogP) is 3.03. The molecule has 0 aromatic carbocycles. The molecule has 0 radical (unpaired) electrons. The van der Waals surface area contributed by atoms with Crippen LogP contribution in [0.3, 0.4) is 0 Å². The van der Waals surface area contributed by atoms with E-state index in [4.69, 9.17) is 26.6 Å². The molecule has 1 aliphatic heterocycles. The zero-order valence-corrected chi connectivity index (χ0v) is 12.1. The zero-order valence-electron chi connectivity index (χ0n) is 10.5. The number of rotatable bonds is 2. The highest BCUT2D eigenvalue weighted by atomic mass is 35.5. The van der Waals surface area contributed by atoms with Gasteiger partial charge < -0.3 is 15.0 Å². The molecule has 1 aromatic heterocycles. The Bertz CT molecular complexity index is 405. The Morgan fingerprint density at radius 1 is 1.29 bits per heavy atom. The predicted molar refractivity (Wildman–Crippen MR) is 72.3 cm³/mol. The van der Waals surface area contributed by atoms with E-state index in [2.05, 4.69) is 0 Å². The van der Waals surface area contributed by atoms with Gasteiger partial charge >= 0.3 is 7.12 Å². The summed E-state index contributed by atoms with van der Waals surface area (Å²) in [6.07, 6.45) is 0. The minimum atomic E-state index is -0.448. The Labute approximate surface area is 111 Å². The average molecular weight is 274 g/mol. The summed E-state index contributed by atoms with van der Waals surface area (Å²) in [5.41, 5.74) is 5.44. The van der Waals surface area contributed by atoms with Crippen molar-refractivity contribution in [1.82, 2.24) is 0 Å². The highest BCUT2D eigenvalue weighted by molar-refractivity contribution is 7.11. The van der Waals surface area contributed by atoms with E-state index in [0.717, 1.165) is 4.88 Å². The molecule has 0 aliphatic carbocycles. The molecule has 1 fully saturated rings. The maximum atomic E-state index is 6.16. The molecular weight excluding hydrogens is 256 g/mol. The maximum Gasteiger partial charge on any atom is 0.481 e. The van der Waals surface area contributed by atoms with Crippen LogP contribution in [0.15, 0.2) is 11.4 Å². The van der Waals surface area contributed by atoms with Crippen LogP contribution in [0, 0.1) is 0 Å². The van der Waals surface area contributed by atoms with Gasteiger partial charge in [-0.05, 0) is 39.1 Å². The monoisotopic (exact) mass is 273 g/mol. The van der Waals surface area contributed by atoms with Crippen molar-refractivity contribution in [1.29, 1.82) is 0 Å². The van der Waals surface area contributed by atoms with Gasteiger partial charge in [0, 0.05) is 4.88 Å². The fourth-order valence-electron chi connectivity index (χ4n) is 1.70. The standard InChI is InChI=1S/C11H17BClNO2S/c1-10(2)11(3,4)16-12(15-10)9(14)8-7(13)5-6-17-8/h5-6,9H,14H2,1-4H3/t9-/m1/s1. The van der Waals surface area contributed by atoms with Gasteiger partial charge in [0.1, 0.15) is 0 Å². The Balaban J connectivity index is 2.19. The molecule has 1 saturated heterocycles. The third-order valence-electron chi connectivity index (χ3n) is 3.51. The van der Waals surface area contributed by atoms with Crippen molar-refractivity contribution in [2.24, 2.45) is 5.73 Å². The van der Waals surface area contributed by atoms with E-state index in [1.165, 1.54) is 11.3 Å². The molecule has 0 amide bonds. The highest BCUT2D eigenvalue weighted by Gasteiger charge is 2.53. The lowest BCUT2D eigenvalue weighted by molar-refractivity contribution is 0.00578. The maximum absolute atomic E-state index is 6.16. The van der Waals surface area contributed by atoms with Gasteiger partial charge in [-0.15, -0.1) is 11.3 Å². The number of hydrogen-bond donors (Lipinski definition) is 1. The summed E-state index contributed by atoms with van der Waals surface area (Å²) in [5, 5.41) is 2.60. The van der Waals surface area contributed by atoms with Crippen LogP contribution in [0.2, 0.25) is 5.02 Å². The first kappa shape index (κ1) is 13.4. The Morgan fingerprint density at radius 3 is 2.24 bits per heavy atom. The van der Waals surface area contributed by atoms with Crippen LogP contribution in [0.1, 0.15) is 38.5 Å². The molecule has 1 aliphatic rings. The molecule has 94 valence electrons. The molecule has 2 heterocycles. The molecule has 6 heteroatoms. The second-order valence-corrected chi connectivity index (χ2v) is 6.64. The first-order chi connectivity index (χ1) is 7.74. The first-order valence-corrected chi connectivity index (χ1v) is 6.84. The van der Waals surface area contributed by atoms with Gasteiger partial charge in [0.25, 0.3) is 0 Å². The van der Waals surface area contributed by atoms with Crippen molar-refractivity contribution < 1.29 is 9.31 Å². The number of halogens is 1. The van der Waals surface area contributed by atoms with E-state index in [1.807, 2.05) is 39.1 Å². The van der Waals surface area contributed by atoms with E-state index in [-0.39, 0.29) is 17.1 Å². The average Bonchev–Trinajstić information content (AvgIpc) is 2.68. The highest BCUT2D eigenvalue weighted by Crippen LogP contribution is 2.41. The molecule has 17 heavy (non-hydrogen) atoms. The second-order valence-electron chi connectivity index (χ2n) is 5.28. The number of hydrogen-bond acceptors (Lipinski definition) is 4. The van der Waals surface area contributed by atoms with Gasteiger partial charge in [-0.2, -0.15) is 0 Å². The molecule has 0 unspecified atom stereocenters.